The molecule has 0 N–H and O–H groups in total. The van der Waals surface area contributed by atoms with Crippen molar-refractivity contribution >= 4 is 56.4 Å². The average Bonchev–Trinajstić information content (AvgIpc) is 3.07. The fraction of sp³-hybridized carbons (Fsp3) is 0.462. The zero-order valence-corrected chi connectivity index (χ0v) is 15.8. The standard InChI is InChI=1S/C13H14Cl2N4O3S2/c1-18(9-2-3-24(21,22)7-9)11(20)6-23-13-17-16-12-10(15)4-8(14)5-19(12)13/h4-5,9H,2-3,6-7H2,1H3/t9-/m0/s1. The Hall–Kier alpha value is -1.03. The van der Waals surface area contributed by atoms with E-state index in [1.165, 1.54) is 16.7 Å². The monoisotopic (exact) mass is 408 g/mol. The summed E-state index contributed by atoms with van der Waals surface area (Å²) in [6.07, 6.45) is 2.11. The van der Waals surface area contributed by atoms with Crippen LogP contribution in [0.5, 0.6) is 0 Å². The Morgan fingerprint density at radius 1 is 1.46 bits per heavy atom. The number of rotatable bonds is 4. The molecule has 0 aliphatic carbocycles. The topological polar surface area (TPSA) is 84.6 Å². The van der Waals surface area contributed by atoms with Gasteiger partial charge >= 0.3 is 0 Å². The van der Waals surface area contributed by atoms with Gasteiger partial charge in [-0.3, -0.25) is 9.20 Å². The molecule has 3 heterocycles. The van der Waals surface area contributed by atoms with Gasteiger partial charge in [0, 0.05) is 19.3 Å². The third-order valence-corrected chi connectivity index (χ3v) is 7.03. The van der Waals surface area contributed by atoms with E-state index < -0.39 is 9.84 Å². The van der Waals surface area contributed by atoms with Gasteiger partial charge in [-0.05, 0) is 12.5 Å². The summed E-state index contributed by atoms with van der Waals surface area (Å²) < 4.78 is 24.7. The second-order valence-corrected chi connectivity index (χ2v) is 9.55. The van der Waals surface area contributed by atoms with E-state index in [1.807, 2.05) is 0 Å². The van der Waals surface area contributed by atoms with Gasteiger partial charge in [0.15, 0.2) is 20.6 Å². The first-order valence-electron chi connectivity index (χ1n) is 7.05. The minimum absolute atomic E-state index is 0.0268. The maximum absolute atomic E-state index is 12.3. The Bertz CT molecular complexity index is 900. The molecule has 2 aromatic heterocycles. The van der Waals surface area contributed by atoms with Crippen LogP contribution < -0.4 is 0 Å². The van der Waals surface area contributed by atoms with Crippen molar-refractivity contribution in [1.82, 2.24) is 19.5 Å². The van der Waals surface area contributed by atoms with Crippen molar-refractivity contribution in [3.8, 4) is 0 Å². The van der Waals surface area contributed by atoms with Gasteiger partial charge < -0.3 is 4.90 Å². The van der Waals surface area contributed by atoms with Crippen LogP contribution >= 0.6 is 35.0 Å². The Morgan fingerprint density at radius 3 is 2.88 bits per heavy atom. The predicted molar refractivity (Wildman–Crippen MR) is 93.6 cm³/mol. The molecule has 130 valence electrons. The van der Waals surface area contributed by atoms with Crippen LogP contribution in [0.15, 0.2) is 17.4 Å². The lowest BCUT2D eigenvalue weighted by atomic mass is 10.2. The maximum Gasteiger partial charge on any atom is 0.233 e. The minimum atomic E-state index is -3.03. The molecule has 1 atom stereocenters. The number of sulfone groups is 1. The van der Waals surface area contributed by atoms with Crippen LogP contribution in [0.4, 0.5) is 0 Å². The number of halogens is 2. The molecule has 24 heavy (non-hydrogen) atoms. The number of thioether (sulfide) groups is 1. The van der Waals surface area contributed by atoms with Gasteiger partial charge in [-0.25, -0.2) is 8.42 Å². The number of hydrogen-bond acceptors (Lipinski definition) is 6. The summed E-state index contributed by atoms with van der Waals surface area (Å²) in [6.45, 7) is 0. The molecule has 1 fully saturated rings. The third-order valence-electron chi connectivity index (χ3n) is 3.87. The zero-order chi connectivity index (χ0) is 17.5. The lowest BCUT2D eigenvalue weighted by molar-refractivity contribution is -0.128. The molecule has 1 aliphatic heterocycles. The van der Waals surface area contributed by atoms with Gasteiger partial charge in [0.05, 0.1) is 27.3 Å². The van der Waals surface area contributed by atoms with Gasteiger partial charge in [-0.1, -0.05) is 35.0 Å². The Balaban J connectivity index is 1.69. The van der Waals surface area contributed by atoms with Crippen LogP contribution in [0.25, 0.3) is 5.65 Å². The molecule has 7 nitrogen and oxygen atoms in total. The molecular weight excluding hydrogens is 395 g/mol. The van der Waals surface area contributed by atoms with E-state index in [-0.39, 0.29) is 29.2 Å². The van der Waals surface area contributed by atoms with E-state index in [0.717, 1.165) is 0 Å². The molecule has 2 aromatic rings. The molecule has 0 unspecified atom stereocenters. The van der Waals surface area contributed by atoms with Crippen molar-refractivity contribution in [2.75, 3.05) is 24.3 Å². The quantitative estimate of drug-likeness (QED) is 0.716. The van der Waals surface area contributed by atoms with Crippen LogP contribution in [-0.4, -0.2) is 64.2 Å². The van der Waals surface area contributed by atoms with Crippen LogP contribution in [0.3, 0.4) is 0 Å². The maximum atomic E-state index is 12.3. The Kier molecular flexibility index (Phi) is 4.96. The van der Waals surface area contributed by atoms with Crippen LogP contribution in [-0.2, 0) is 14.6 Å². The van der Waals surface area contributed by atoms with Crippen molar-refractivity contribution in [1.29, 1.82) is 0 Å². The van der Waals surface area contributed by atoms with Crippen molar-refractivity contribution in [2.45, 2.75) is 17.6 Å². The van der Waals surface area contributed by atoms with Gasteiger partial charge in [0.2, 0.25) is 5.91 Å². The molecule has 11 heteroatoms. The van der Waals surface area contributed by atoms with E-state index in [0.29, 0.717) is 27.3 Å². The summed E-state index contributed by atoms with van der Waals surface area (Å²) in [5.41, 5.74) is 0.464. The highest BCUT2D eigenvalue weighted by molar-refractivity contribution is 7.99. The highest BCUT2D eigenvalue weighted by Crippen LogP contribution is 2.26. The van der Waals surface area contributed by atoms with Crippen LogP contribution in [0.1, 0.15) is 6.42 Å². The average molecular weight is 409 g/mol. The van der Waals surface area contributed by atoms with Crippen molar-refractivity contribution in [2.24, 2.45) is 0 Å². The molecule has 1 amide bonds. The summed E-state index contributed by atoms with van der Waals surface area (Å²) in [5.74, 6) is 0.123. The number of amides is 1. The second kappa shape index (κ2) is 6.70. The minimum Gasteiger partial charge on any atom is -0.341 e. The first kappa shape index (κ1) is 17.8. The molecule has 3 rings (SSSR count). The summed E-state index contributed by atoms with van der Waals surface area (Å²) in [5, 5.41) is 9.30. The van der Waals surface area contributed by atoms with Crippen LogP contribution in [0, 0.1) is 0 Å². The fourth-order valence-electron chi connectivity index (χ4n) is 2.51. The molecule has 0 saturated carbocycles. The largest absolute Gasteiger partial charge is 0.341 e. The number of nitrogens with zero attached hydrogens (tertiary/aromatic N) is 4. The van der Waals surface area contributed by atoms with Crippen molar-refractivity contribution < 1.29 is 13.2 Å². The number of carbonyl (C=O) groups is 1. The van der Waals surface area contributed by atoms with Gasteiger partial charge in [0.1, 0.15) is 0 Å². The zero-order valence-electron chi connectivity index (χ0n) is 12.6. The predicted octanol–water partition coefficient (Wildman–Crippen LogP) is 1.77. The third kappa shape index (κ3) is 3.63. The first-order valence-corrected chi connectivity index (χ1v) is 10.6. The lowest BCUT2D eigenvalue weighted by Gasteiger charge is -2.23. The van der Waals surface area contributed by atoms with Gasteiger partial charge in [0.25, 0.3) is 0 Å². The summed E-state index contributed by atoms with van der Waals surface area (Å²) in [4.78, 5) is 13.8. The van der Waals surface area contributed by atoms with E-state index in [2.05, 4.69) is 10.2 Å². The first-order chi connectivity index (χ1) is 11.3. The number of aromatic nitrogens is 3. The van der Waals surface area contributed by atoms with E-state index in [1.54, 1.807) is 23.7 Å². The summed E-state index contributed by atoms with van der Waals surface area (Å²) in [6, 6.07) is 1.31. The lowest BCUT2D eigenvalue weighted by Crippen LogP contribution is -2.38. The SMILES string of the molecule is CN(C(=O)CSc1nnc2c(Cl)cc(Cl)cn12)[C@H]1CCS(=O)(=O)C1. The molecule has 1 saturated heterocycles. The fourth-order valence-corrected chi connectivity index (χ4v) is 5.63. The molecule has 0 aromatic carbocycles. The van der Waals surface area contributed by atoms with Crippen molar-refractivity contribution in [3.05, 3.63) is 22.3 Å². The highest BCUT2D eigenvalue weighted by atomic mass is 35.5. The number of carbonyl (C=O) groups excluding carboxylic acids is 1. The Morgan fingerprint density at radius 2 is 2.21 bits per heavy atom. The van der Waals surface area contributed by atoms with Gasteiger partial charge in [-0.2, -0.15) is 0 Å². The second-order valence-electron chi connectivity index (χ2n) is 5.53. The molecule has 0 bridgehead atoms. The normalized spacial score (nSPS) is 19.7. The van der Waals surface area contributed by atoms with E-state index in [4.69, 9.17) is 23.2 Å². The molecule has 0 spiro atoms. The number of pyridine rings is 1. The van der Waals surface area contributed by atoms with E-state index in [9.17, 15) is 13.2 Å². The Labute approximate surface area is 153 Å². The summed E-state index contributed by atoms with van der Waals surface area (Å²) >= 11 is 13.2. The number of fused-ring (bicyclic) bond motifs is 1. The highest BCUT2D eigenvalue weighted by Gasteiger charge is 2.32. The molecular formula is C13H14Cl2N4O3S2. The molecule has 1 aliphatic rings. The molecule has 0 radical (unpaired) electrons. The van der Waals surface area contributed by atoms with Crippen molar-refractivity contribution in [3.63, 3.8) is 0 Å². The van der Waals surface area contributed by atoms with Crippen LogP contribution in [0.2, 0.25) is 10.0 Å². The van der Waals surface area contributed by atoms with E-state index >= 15 is 0 Å². The van der Waals surface area contributed by atoms with Gasteiger partial charge in [-0.15, -0.1) is 10.2 Å². The summed E-state index contributed by atoms with van der Waals surface area (Å²) in [7, 11) is -1.40. The number of hydrogen-bond donors (Lipinski definition) is 0. The smallest absolute Gasteiger partial charge is 0.233 e.